The Labute approximate surface area is 178 Å². The number of aryl methyl sites for hydroxylation is 1. The third-order valence-corrected chi connectivity index (χ3v) is 6.54. The second-order valence-corrected chi connectivity index (χ2v) is 8.96. The summed E-state index contributed by atoms with van der Waals surface area (Å²) in [5, 5.41) is 4.38. The molecule has 0 spiro atoms. The summed E-state index contributed by atoms with van der Waals surface area (Å²) < 4.78 is 41.8. The SMILES string of the molecule is COc1cc(/C(=N/NS(=O)(=O)c2ccc(C)cc2)C2CCCC2)cc(OC)c1OC. The van der Waals surface area contributed by atoms with Crippen molar-refractivity contribution in [2.75, 3.05) is 21.3 Å². The van der Waals surface area contributed by atoms with E-state index >= 15 is 0 Å². The molecule has 1 aliphatic carbocycles. The highest BCUT2D eigenvalue weighted by Gasteiger charge is 2.26. The van der Waals surface area contributed by atoms with Gasteiger partial charge in [-0.3, -0.25) is 0 Å². The van der Waals surface area contributed by atoms with Crippen LogP contribution in [0.1, 0.15) is 36.8 Å². The lowest BCUT2D eigenvalue weighted by atomic mass is 9.95. The highest BCUT2D eigenvalue weighted by Crippen LogP contribution is 2.40. The molecule has 7 nitrogen and oxygen atoms in total. The Bertz CT molecular complexity index is 985. The predicted octanol–water partition coefficient (Wildman–Crippen LogP) is 3.89. The van der Waals surface area contributed by atoms with Crippen LogP contribution >= 0.6 is 0 Å². The van der Waals surface area contributed by atoms with Gasteiger partial charge in [0.2, 0.25) is 5.75 Å². The maximum absolute atomic E-state index is 12.8. The van der Waals surface area contributed by atoms with Crippen LogP contribution in [0, 0.1) is 12.8 Å². The smallest absolute Gasteiger partial charge is 0.276 e. The Morgan fingerprint density at radius 3 is 2.03 bits per heavy atom. The molecule has 1 N–H and O–H groups in total. The zero-order valence-corrected chi connectivity index (χ0v) is 18.6. The normalized spacial score (nSPS) is 15.1. The van der Waals surface area contributed by atoms with Gasteiger partial charge in [0, 0.05) is 11.5 Å². The molecule has 0 heterocycles. The standard InChI is InChI=1S/C22H28N2O5S/c1-15-9-11-18(12-10-15)30(25,26)24-23-21(16-7-5-6-8-16)17-13-19(27-2)22(29-4)20(14-17)28-3/h9-14,16,24H,5-8H2,1-4H3/b23-21+. The summed E-state index contributed by atoms with van der Waals surface area (Å²) in [6.07, 6.45) is 4.06. The summed E-state index contributed by atoms with van der Waals surface area (Å²) in [5.74, 6) is 1.63. The van der Waals surface area contributed by atoms with E-state index in [1.807, 2.05) is 6.92 Å². The average Bonchev–Trinajstić information content (AvgIpc) is 3.27. The van der Waals surface area contributed by atoms with Gasteiger partial charge in [0.05, 0.1) is 31.9 Å². The van der Waals surface area contributed by atoms with E-state index < -0.39 is 10.0 Å². The van der Waals surface area contributed by atoms with Crippen LogP contribution in [0.25, 0.3) is 0 Å². The summed E-state index contributed by atoms with van der Waals surface area (Å²) in [5.41, 5.74) is 2.40. The largest absolute Gasteiger partial charge is 0.493 e. The fourth-order valence-electron chi connectivity index (χ4n) is 3.70. The van der Waals surface area contributed by atoms with Crippen molar-refractivity contribution in [3.8, 4) is 17.2 Å². The van der Waals surface area contributed by atoms with Gasteiger partial charge in [-0.2, -0.15) is 18.4 Å². The summed E-state index contributed by atoms with van der Waals surface area (Å²) in [7, 11) is 0.863. The Morgan fingerprint density at radius 1 is 0.967 bits per heavy atom. The van der Waals surface area contributed by atoms with Crippen LogP contribution < -0.4 is 19.0 Å². The molecular formula is C22H28N2O5S. The molecule has 3 rings (SSSR count). The Morgan fingerprint density at radius 2 is 1.53 bits per heavy atom. The molecule has 0 unspecified atom stereocenters. The highest BCUT2D eigenvalue weighted by molar-refractivity contribution is 7.89. The van der Waals surface area contributed by atoms with Crippen LogP contribution in [-0.4, -0.2) is 35.5 Å². The van der Waals surface area contributed by atoms with Crippen molar-refractivity contribution < 1.29 is 22.6 Å². The second kappa shape index (κ2) is 9.38. The molecule has 2 aromatic rings. The molecule has 162 valence electrons. The summed E-state index contributed by atoms with van der Waals surface area (Å²) in [6, 6.07) is 10.3. The van der Waals surface area contributed by atoms with Gasteiger partial charge in [0.15, 0.2) is 11.5 Å². The van der Waals surface area contributed by atoms with Crippen molar-refractivity contribution in [1.29, 1.82) is 0 Å². The number of hydrazone groups is 1. The number of methoxy groups -OCH3 is 3. The fraction of sp³-hybridized carbons (Fsp3) is 0.409. The summed E-state index contributed by atoms with van der Waals surface area (Å²) in [4.78, 5) is 2.59. The monoisotopic (exact) mass is 432 g/mol. The topological polar surface area (TPSA) is 86.2 Å². The van der Waals surface area contributed by atoms with Gasteiger partial charge in [0.25, 0.3) is 10.0 Å². The molecule has 0 amide bonds. The summed E-state index contributed by atoms with van der Waals surface area (Å²) in [6.45, 7) is 1.91. The fourth-order valence-corrected chi connectivity index (χ4v) is 4.52. The molecule has 8 heteroatoms. The van der Waals surface area contributed by atoms with Crippen molar-refractivity contribution in [2.24, 2.45) is 11.0 Å². The molecule has 2 aromatic carbocycles. The first-order valence-electron chi connectivity index (χ1n) is 9.86. The Balaban J connectivity index is 2.02. The van der Waals surface area contributed by atoms with Crippen molar-refractivity contribution >= 4 is 15.7 Å². The number of rotatable bonds is 8. The van der Waals surface area contributed by atoms with Crippen molar-refractivity contribution in [3.63, 3.8) is 0 Å². The van der Waals surface area contributed by atoms with E-state index in [2.05, 4.69) is 9.93 Å². The van der Waals surface area contributed by atoms with E-state index in [4.69, 9.17) is 14.2 Å². The molecule has 0 radical (unpaired) electrons. The number of hydrogen-bond acceptors (Lipinski definition) is 6. The molecule has 0 saturated heterocycles. The zero-order chi connectivity index (χ0) is 21.7. The number of nitrogens with zero attached hydrogens (tertiary/aromatic N) is 1. The Hall–Kier alpha value is -2.74. The van der Waals surface area contributed by atoms with Crippen molar-refractivity contribution in [2.45, 2.75) is 37.5 Å². The van der Waals surface area contributed by atoms with Crippen LogP contribution in [0.3, 0.4) is 0 Å². The van der Waals surface area contributed by atoms with Crippen LogP contribution in [0.5, 0.6) is 17.2 Å². The van der Waals surface area contributed by atoms with E-state index in [0.29, 0.717) is 23.0 Å². The molecule has 1 saturated carbocycles. The third-order valence-electron chi connectivity index (χ3n) is 5.32. The number of sulfonamides is 1. The van der Waals surface area contributed by atoms with E-state index in [9.17, 15) is 8.42 Å². The maximum Gasteiger partial charge on any atom is 0.276 e. The molecule has 1 fully saturated rings. The first-order valence-corrected chi connectivity index (χ1v) is 11.3. The molecule has 0 bridgehead atoms. The van der Waals surface area contributed by atoms with Gasteiger partial charge in [0.1, 0.15) is 0 Å². The van der Waals surface area contributed by atoms with Crippen molar-refractivity contribution in [1.82, 2.24) is 4.83 Å². The van der Waals surface area contributed by atoms with Crippen LogP contribution in [0.2, 0.25) is 0 Å². The quantitative estimate of drug-likeness (QED) is 0.505. The van der Waals surface area contributed by atoms with Gasteiger partial charge in [-0.1, -0.05) is 30.5 Å². The van der Waals surface area contributed by atoms with Gasteiger partial charge in [-0.25, -0.2) is 0 Å². The summed E-state index contributed by atoms with van der Waals surface area (Å²) >= 11 is 0. The van der Waals surface area contributed by atoms with Gasteiger partial charge < -0.3 is 14.2 Å². The number of ether oxygens (including phenoxy) is 3. The zero-order valence-electron chi connectivity index (χ0n) is 17.8. The minimum atomic E-state index is -3.78. The molecular weight excluding hydrogens is 404 g/mol. The van der Waals surface area contributed by atoms with Crippen LogP contribution in [-0.2, 0) is 10.0 Å². The lowest BCUT2D eigenvalue weighted by Crippen LogP contribution is -2.23. The van der Waals surface area contributed by atoms with Gasteiger partial charge >= 0.3 is 0 Å². The molecule has 0 atom stereocenters. The van der Waals surface area contributed by atoms with Crippen LogP contribution in [0.15, 0.2) is 46.4 Å². The first-order chi connectivity index (χ1) is 14.4. The van der Waals surface area contributed by atoms with Gasteiger partial charge in [-0.15, -0.1) is 0 Å². The molecule has 0 aliphatic heterocycles. The number of benzene rings is 2. The molecule has 1 aliphatic rings. The van der Waals surface area contributed by atoms with Crippen LogP contribution in [0.4, 0.5) is 0 Å². The minimum absolute atomic E-state index is 0.147. The first kappa shape index (κ1) is 22.0. The lowest BCUT2D eigenvalue weighted by molar-refractivity contribution is 0.324. The van der Waals surface area contributed by atoms with Crippen molar-refractivity contribution in [3.05, 3.63) is 47.5 Å². The van der Waals surface area contributed by atoms with E-state index in [1.54, 1.807) is 57.7 Å². The number of hydrogen-bond donors (Lipinski definition) is 1. The average molecular weight is 433 g/mol. The highest BCUT2D eigenvalue weighted by atomic mass is 32.2. The van der Waals surface area contributed by atoms with E-state index in [1.165, 1.54) is 0 Å². The lowest BCUT2D eigenvalue weighted by Gasteiger charge is -2.18. The Kier molecular flexibility index (Phi) is 6.87. The maximum atomic E-state index is 12.8. The van der Waals surface area contributed by atoms with E-state index in [0.717, 1.165) is 36.8 Å². The molecule has 30 heavy (non-hydrogen) atoms. The second-order valence-electron chi connectivity index (χ2n) is 7.30. The molecule has 0 aromatic heterocycles. The minimum Gasteiger partial charge on any atom is -0.493 e. The van der Waals surface area contributed by atoms with Gasteiger partial charge in [-0.05, 0) is 44.0 Å². The predicted molar refractivity (Wildman–Crippen MR) is 116 cm³/mol. The third kappa shape index (κ3) is 4.70. The number of nitrogens with one attached hydrogen (secondary N) is 1. The van der Waals surface area contributed by atoms with E-state index in [-0.39, 0.29) is 10.8 Å².